The Morgan fingerprint density at radius 1 is 0.523 bits per heavy atom. The van der Waals surface area contributed by atoms with Gasteiger partial charge in [-0.2, -0.15) is 0 Å². The van der Waals surface area contributed by atoms with Crippen LogP contribution in [0.5, 0.6) is 0 Å². The molecule has 0 spiro atoms. The Labute approximate surface area is 268 Å². The van der Waals surface area contributed by atoms with E-state index in [9.17, 15) is 19.2 Å². The Hall–Kier alpha value is -2.20. The van der Waals surface area contributed by atoms with E-state index in [4.69, 9.17) is 17.2 Å². The van der Waals surface area contributed by atoms with Crippen LogP contribution in [0.4, 0.5) is 0 Å². The van der Waals surface area contributed by atoms with Crippen LogP contribution in [0.15, 0.2) is 0 Å². The van der Waals surface area contributed by atoms with E-state index in [2.05, 4.69) is 22.9 Å². The van der Waals surface area contributed by atoms with Gasteiger partial charge >= 0.3 is 0 Å². The second-order valence-electron chi connectivity index (χ2n) is 12.3. The van der Waals surface area contributed by atoms with Gasteiger partial charge in [-0.3, -0.25) is 19.2 Å². The van der Waals surface area contributed by atoms with E-state index in [1.807, 2.05) is 0 Å². The third kappa shape index (κ3) is 26.2. The van der Waals surface area contributed by atoms with Crippen LogP contribution in [0.2, 0.25) is 0 Å². The molecule has 4 amide bonds. The van der Waals surface area contributed by atoms with Crippen molar-refractivity contribution in [3.05, 3.63) is 0 Å². The molecule has 0 radical (unpaired) electrons. The summed E-state index contributed by atoms with van der Waals surface area (Å²) in [4.78, 5) is 48.7. The molecule has 10 heteroatoms. The van der Waals surface area contributed by atoms with Gasteiger partial charge in [0.15, 0.2) is 0 Å². The van der Waals surface area contributed by atoms with Crippen LogP contribution in [-0.4, -0.2) is 55.3 Å². The summed E-state index contributed by atoms with van der Waals surface area (Å²) in [6.45, 7) is 3.82. The minimum Gasteiger partial charge on any atom is -0.368 e. The lowest BCUT2D eigenvalue weighted by Crippen LogP contribution is -2.47. The molecular formula is C34H68N6O4. The lowest BCUT2D eigenvalue weighted by atomic mass is 10.1. The SMILES string of the molecule is CCCCCCCCCCCC(=O)N[C@@H](CCCN)C(=O)NCCCCCCCCCCCC(=O)N[C@@H](CCCN)C(N)=O. The van der Waals surface area contributed by atoms with Gasteiger partial charge in [0.1, 0.15) is 12.1 Å². The van der Waals surface area contributed by atoms with E-state index >= 15 is 0 Å². The predicted molar refractivity (Wildman–Crippen MR) is 181 cm³/mol. The average Bonchev–Trinajstić information content (AvgIpc) is 3.00. The first-order valence-electron chi connectivity index (χ1n) is 17.9. The third-order valence-corrected chi connectivity index (χ3v) is 8.11. The second kappa shape index (κ2) is 30.8. The Morgan fingerprint density at radius 2 is 0.909 bits per heavy atom. The van der Waals surface area contributed by atoms with E-state index in [1.165, 1.54) is 44.9 Å². The maximum absolute atomic E-state index is 12.7. The summed E-state index contributed by atoms with van der Waals surface area (Å²) in [6, 6.07) is -1.13. The summed E-state index contributed by atoms with van der Waals surface area (Å²) in [5, 5.41) is 8.66. The molecule has 0 aliphatic heterocycles. The smallest absolute Gasteiger partial charge is 0.242 e. The number of amides is 4. The first-order chi connectivity index (χ1) is 21.3. The Bertz CT molecular complexity index is 737. The molecule has 0 unspecified atom stereocenters. The van der Waals surface area contributed by atoms with Crippen molar-refractivity contribution in [2.24, 2.45) is 17.2 Å². The highest BCUT2D eigenvalue weighted by Crippen LogP contribution is 2.12. The number of carbonyl (C=O) groups is 4. The number of rotatable bonds is 32. The fraction of sp³-hybridized carbons (Fsp3) is 0.882. The van der Waals surface area contributed by atoms with Crippen molar-refractivity contribution >= 4 is 23.6 Å². The summed E-state index contributed by atoms with van der Waals surface area (Å²) in [7, 11) is 0. The minimum atomic E-state index is -0.628. The average molecular weight is 625 g/mol. The standard InChI is InChI=1S/C34H68N6O4/c1-2-3-4-5-6-8-11-15-18-25-32(42)40-30(23-21-27-36)34(44)38-28-19-16-13-10-7-9-12-14-17-24-31(41)39-29(33(37)43)22-20-26-35/h29-30H,2-28,35-36H2,1H3,(H2,37,43)(H,38,44)(H,39,41)(H,40,42)/t29-,30-/m0/s1. The summed E-state index contributed by atoms with van der Waals surface area (Å²) in [5.74, 6) is -0.777. The molecule has 0 bridgehead atoms. The van der Waals surface area contributed by atoms with Crippen LogP contribution in [0, 0.1) is 0 Å². The van der Waals surface area contributed by atoms with Crippen LogP contribution in [-0.2, 0) is 19.2 Å². The van der Waals surface area contributed by atoms with E-state index in [-0.39, 0.29) is 17.7 Å². The maximum atomic E-state index is 12.7. The van der Waals surface area contributed by atoms with Crippen molar-refractivity contribution in [3.8, 4) is 0 Å². The van der Waals surface area contributed by atoms with Crippen molar-refractivity contribution in [1.29, 1.82) is 0 Å². The summed E-state index contributed by atoms with van der Waals surface area (Å²) >= 11 is 0. The third-order valence-electron chi connectivity index (χ3n) is 8.11. The molecule has 258 valence electrons. The molecule has 44 heavy (non-hydrogen) atoms. The van der Waals surface area contributed by atoms with Crippen molar-refractivity contribution in [3.63, 3.8) is 0 Å². The minimum absolute atomic E-state index is 0.0385. The van der Waals surface area contributed by atoms with Gasteiger partial charge in [0.25, 0.3) is 0 Å². The van der Waals surface area contributed by atoms with E-state index in [0.29, 0.717) is 58.2 Å². The largest absolute Gasteiger partial charge is 0.368 e. The quantitative estimate of drug-likeness (QED) is 0.0581. The molecule has 2 atom stereocenters. The Balaban J connectivity index is 3.87. The number of unbranched alkanes of at least 4 members (excludes halogenated alkanes) is 16. The molecule has 0 fully saturated rings. The molecule has 0 aromatic rings. The fourth-order valence-corrected chi connectivity index (χ4v) is 5.31. The van der Waals surface area contributed by atoms with E-state index in [0.717, 1.165) is 70.6 Å². The highest BCUT2D eigenvalue weighted by Gasteiger charge is 2.20. The number of hydrogen-bond acceptors (Lipinski definition) is 6. The van der Waals surface area contributed by atoms with Gasteiger partial charge in [-0.1, -0.05) is 103 Å². The van der Waals surface area contributed by atoms with Crippen LogP contribution in [0.3, 0.4) is 0 Å². The first kappa shape index (κ1) is 41.8. The summed E-state index contributed by atoms with van der Waals surface area (Å²) < 4.78 is 0. The van der Waals surface area contributed by atoms with Gasteiger partial charge in [0, 0.05) is 19.4 Å². The molecule has 0 saturated carbocycles. The molecule has 0 saturated heterocycles. The molecule has 0 heterocycles. The van der Waals surface area contributed by atoms with Crippen LogP contribution >= 0.6 is 0 Å². The maximum Gasteiger partial charge on any atom is 0.242 e. The van der Waals surface area contributed by atoms with E-state index in [1.54, 1.807) is 0 Å². The second-order valence-corrected chi connectivity index (χ2v) is 12.3. The van der Waals surface area contributed by atoms with E-state index < -0.39 is 18.0 Å². The van der Waals surface area contributed by atoms with Gasteiger partial charge in [-0.25, -0.2) is 0 Å². The molecule has 0 aromatic carbocycles. The van der Waals surface area contributed by atoms with Crippen molar-refractivity contribution < 1.29 is 19.2 Å². The van der Waals surface area contributed by atoms with Crippen molar-refractivity contribution in [2.75, 3.05) is 19.6 Å². The Kier molecular flexibility index (Phi) is 29.3. The molecule has 0 aromatic heterocycles. The number of nitrogens with two attached hydrogens (primary N) is 3. The summed E-state index contributed by atoms with van der Waals surface area (Å²) in [6.07, 6.45) is 23.6. The molecule has 10 nitrogen and oxygen atoms in total. The topological polar surface area (TPSA) is 182 Å². The van der Waals surface area contributed by atoms with Crippen molar-refractivity contribution in [1.82, 2.24) is 16.0 Å². The zero-order valence-electron chi connectivity index (χ0n) is 28.1. The molecule has 0 rings (SSSR count). The number of hydrogen-bond donors (Lipinski definition) is 6. The number of carbonyl (C=O) groups excluding carboxylic acids is 4. The van der Waals surface area contributed by atoms with Gasteiger partial charge in [-0.15, -0.1) is 0 Å². The van der Waals surface area contributed by atoms with Gasteiger partial charge in [-0.05, 0) is 58.0 Å². The van der Waals surface area contributed by atoms with Crippen molar-refractivity contribution in [2.45, 2.75) is 173 Å². The van der Waals surface area contributed by atoms with Gasteiger partial charge in [0.05, 0.1) is 0 Å². The monoisotopic (exact) mass is 625 g/mol. The van der Waals surface area contributed by atoms with Crippen LogP contribution < -0.4 is 33.2 Å². The highest BCUT2D eigenvalue weighted by molar-refractivity contribution is 5.87. The molecular weight excluding hydrogens is 556 g/mol. The fourth-order valence-electron chi connectivity index (χ4n) is 5.31. The molecule has 0 aliphatic carbocycles. The highest BCUT2D eigenvalue weighted by atomic mass is 16.2. The Morgan fingerprint density at radius 3 is 1.34 bits per heavy atom. The normalized spacial score (nSPS) is 12.4. The lowest BCUT2D eigenvalue weighted by molar-refractivity contribution is -0.129. The zero-order valence-corrected chi connectivity index (χ0v) is 28.1. The van der Waals surface area contributed by atoms with Crippen LogP contribution in [0.25, 0.3) is 0 Å². The lowest BCUT2D eigenvalue weighted by Gasteiger charge is -2.18. The summed E-state index contributed by atoms with van der Waals surface area (Å²) in [5.41, 5.74) is 16.5. The first-order valence-corrected chi connectivity index (χ1v) is 17.9. The molecule has 0 aliphatic rings. The van der Waals surface area contributed by atoms with Gasteiger partial charge < -0.3 is 33.2 Å². The number of nitrogens with one attached hydrogen (secondary N) is 3. The van der Waals surface area contributed by atoms with Gasteiger partial charge in [0.2, 0.25) is 23.6 Å². The molecule has 9 N–H and O–H groups in total. The number of primary amides is 1. The zero-order chi connectivity index (χ0) is 32.7. The predicted octanol–water partition coefficient (Wildman–Crippen LogP) is 4.86. The van der Waals surface area contributed by atoms with Crippen LogP contribution in [0.1, 0.15) is 161 Å².